The molecule has 0 spiro atoms. The van der Waals surface area contributed by atoms with Crippen LogP contribution >= 0.6 is 0 Å². The number of carboxylic acid groups (broad SMARTS) is 1. The minimum atomic E-state index is -4.43. The molecule has 2 aromatic carbocycles. The molecule has 0 heterocycles. The van der Waals surface area contributed by atoms with Gasteiger partial charge in [0.25, 0.3) is 0 Å². The fourth-order valence-corrected chi connectivity index (χ4v) is 1.84. The summed E-state index contributed by atoms with van der Waals surface area (Å²) < 4.78 is 38.8. The maximum absolute atomic E-state index is 12.9. The van der Waals surface area contributed by atoms with Crippen molar-refractivity contribution in [1.29, 1.82) is 0 Å². The van der Waals surface area contributed by atoms with Crippen molar-refractivity contribution in [3.05, 3.63) is 59.7 Å². The summed E-state index contributed by atoms with van der Waals surface area (Å²) >= 11 is 0. The molecule has 0 saturated heterocycles. The molecular weight excluding hydrogens is 281 g/mol. The van der Waals surface area contributed by atoms with Gasteiger partial charge in [-0.3, -0.25) is 0 Å². The van der Waals surface area contributed by atoms with E-state index in [1.807, 2.05) is 5.92 Å². The first-order valence-corrected chi connectivity index (χ1v) is 5.89. The molecule has 0 fully saturated rings. The molecule has 0 amide bonds. The molecule has 0 unspecified atom stereocenters. The van der Waals surface area contributed by atoms with Crippen LogP contribution in [0, 0.1) is 11.8 Å². The Labute approximate surface area is 118 Å². The molecule has 106 valence electrons. The standard InChI is InChI=1S/C16H9F3O2/c17-16(18,19)14-4-2-1-3-13(14)12-8-5-11(6-9-12)7-10-15(20)21/h1-6,8-9H,(H,20,21). The van der Waals surface area contributed by atoms with Crippen LogP contribution in [-0.2, 0) is 11.0 Å². The zero-order valence-corrected chi connectivity index (χ0v) is 10.6. The largest absolute Gasteiger partial charge is 0.472 e. The number of benzene rings is 2. The molecule has 0 radical (unpaired) electrons. The summed E-state index contributed by atoms with van der Waals surface area (Å²) in [5.41, 5.74) is 0.173. The zero-order chi connectivity index (χ0) is 15.5. The van der Waals surface area contributed by atoms with Gasteiger partial charge in [0.2, 0.25) is 0 Å². The number of hydrogen-bond acceptors (Lipinski definition) is 1. The van der Waals surface area contributed by atoms with E-state index in [0.29, 0.717) is 11.1 Å². The Kier molecular flexibility index (Phi) is 3.99. The summed E-state index contributed by atoms with van der Waals surface area (Å²) in [6, 6.07) is 11.2. The maximum Gasteiger partial charge on any atom is 0.417 e. The Morgan fingerprint density at radius 3 is 2.19 bits per heavy atom. The molecule has 2 rings (SSSR count). The average Bonchev–Trinajstić information content (AvgIpc) is 2.45. The highest BCUT2D eigenvalue weighted by Gasteiger charge is 2.33. The maximum atomic E-state index is 12.9. The monoisotopic (exact) mass is 290 g/mol. The molecule has 0 aromatic heterocycles. The van der Waals surface area contributed by atoms with Gasteiger partial charge in [-0.2, -0.15) is 13.2 Å². The number of rotatable bonds is 1. The summed E-state index contributed by atoms with van der Waals surface area (Å²) in [7, 11) is 0. The molecule has 21 heavy (non-hydrogen) atoms. The van der Waals surface area contributed by atoms with Crippen LogP contribution in [0.15, 0.2) is 48.5 Å². The lowest BCUT2D eigenvalue weighted by Gasteiger charge is -2.12. The van der Waals surface area contributed by atoms with Crippen molar-refractivity contribution in [1.82, 2.24) is 0 Å². The fourth-order valence-electron chi connectivity index (χ4n) is 1.84. The van der Waals surface area contributed by atoms with Crippen molar-refractivity contribution < 1.29 is 23.1 Å². The molecular formula is C16H9F3O2. The third kappa shape index (κ3) is 3.63. The van der Waals surface area contributed by atoms with Crippen LogP contribution in [0.1, 0.15) is 11.1 Å². The van der Waals surface area contributed by atoms with E-state index >= 15 is 0 Å². The Morgan fingerprint density at radius 2 is 1.62 bits per heavy atom. The van der Waals surface area contributed by atoms with Gasteiger partial charge in [-0.1, -0.05) is 36.3 Å². The molecule has 5 heteroatoms. The first-order chi connectivity index (χ1) is 9.88. The van der Waals surface area contributed by atoms with Crippen molar-refractivity contribution in [3.8, 4) is 23.0 Å². The van der Waals surface area contributed by atoms with E-state index in [4.69, 9.17) is 5.11 Å². The van der Waals surface area contributed by atoms with Gasteiger partial charge in [0.05, 0.1) is 5.56 Å². The predicted octanol–water partition coefficient (Wildman–Crippen LogP) is 3.81. The number of alkyl halides is 3. The van der Waals surface area contributed by atoms with Crippen molar-refractivity contribution >= 4 is 5.97 Å². The average molecular weight is 290 g/mol. The SMILES string of the molecule is O=C(O)C#Cc1ccc(-c2ccccc2C(F)(F)F)cc1. The number of aliphatic carboxylic acids is 1. The smallest absolute Gasteiger partial charge is 0.417 e. The van der Waals surface area contributed by atoms with Crippen molar-refractivity contribution in [2.45, 2.75) is 6.18 Å². The zero-order valence-electron chi connectivity index (χ0n) is 10.6. The topological polar surface area (TPSA) is 37.3 Å². The van der Waals surface area contributed by atoms with Gasteiger partial charge >= 0.3 is 12.1 Å². The number of hydrogen-bond donors (Lipinski definition) is 1. The Hall–Kier alpha value is -2.74. The summed E-state index contributed by atoms with van der Waals surface area (Å²) in [6.07, 6.45) is -4.43. The van der Waals surface area contributed by atoms with E-state index in [9.17, 15) is 18.0 Å². The lowest BCUT2D eigenvalue weighted by Crippen LogP contribution is -2.06. The minimum Gasteiger partial charge on any atom is -0.472 e. The molecule has 0 aliphatic carbocycles. The van der Waals surface area contributed by atoms with Gasteiger partial charge in [0, 0.05) is 11.5 Å². The molecule has 2 nitrogen and oxygen atoms in total. The van der Waals surface area contributed by atoms with Gasteiger partial charge in [0.15, 0.2) is 0 Å². The highest BCUT2D eigenvalue weighted by molar-refractivity contribution is 5.87. The van der Waals surface area contributed by atoms with E-state index in [2.05, 4.69) is 5.92 Å². The van der Waals surface area contributed by atoms with E-state index in [-0.39, 0.29) is 5.56 Å². The first kappa shape index (κ1) is 14.7. The highest BCUT2D eigenvalue weighted by Crippen LogP contribution is 2.36. The van der Waals surface area contributed by atoms with Gasteiger partial charge < -0.3 is 5.11 Å². The van der Waals surface area contributed by atoms with E-state index in [1.165, 1.54) is 42.5 Å². The quantitative estimate of drug-likeness (QED) is 0.811. The molecule has 0 bridgehead atoms. The molecule has 1 N–H and O–H groups in total. The highest BCUT2D eigenvalue weighted by atomic mass is 19.4. The fraction of sp³-hybridized carbons (Fsp3) is 0.0625. The van der Waals surface area contributed by atoms with Crippen LogP contribution in [0.2, 0.25) is 0 Å². The third-order valence-corrected chi connectivity index (χ3v) is 2.74. The molecule has 2 aromatic rings. The van der Waals surface area contributed by atoms with Crippen LogP contribution < -0.4 is 0 Å². The molecule has 0 aliphatic rings. The van der Waals surface area contributed by atoms with Gasteiger partial charge in [-0.15, -0.1) is 0 Å². The number of carbonyl (C=O) groups is 1. The Morgan fingerprint density at radius 1 is 1.00 bits per heavy atom. The van der Waals surface area contributed by atoms with Crippen molar-refractivity contribution in [2.24, 2.45) is 0 Å². The minimum absolute atomic E-state index is 0.0720. The lowest BCUT2D eigenvalue weighted by atomic mass is 9.98. The second-order valence-electron chi connectivity index (χ2n) is 4.18. The normalized spacial score (nSPS) is 10.6. The number of carboxylic acids is 1. The summed E-state index contributed by atoms with van der Waals surface area (Å²) in [4.78, 5) is 10.3. The summed E-state index contributed by atoms with van der Waals surface area (Å²) in [6.45, 7) is 0. The second kappa shape index (κ2) is 5.71. The van der Waals surface area contributed by atoms with Crippen molar-refractivity contribution in [2.75, 3.05) is 0 Å². The molecule has 0 atom stereocenters. The first-order valence-electron chi connectivity index (χ1n) is 5.89. The van der Waals surface area contributed by atoms with E-state index in [0.717, 1.165) is 6.07 Å². The van der Waals surface area contributed by atoms with Gasteiger partial charge in [-0.25, -0.2) is 4.79 Å². The van der Waals surface area contributed by atoms with E-state index in [1.54, 1.807) is 0 Å². The van der Waals surface area contributed by atoms with Crippen molar-refractivity contribution in [3.63, 3.8) is 0 Å². The number of halogens is 3. The third-order valence-electron chi connectivity index (χ3n) is 2.74. The summed E-state index contributed by atoms with van der Waals surface area (Å²) in [5, 5.41) is 8.43. The second-order valence-corrected chi connectivity index (χ2v) is 4.18. The van der Waals surface area contributed by atoms with Crippen LogP contribution in [0.5, 0.6) is 0 Å². The Balaban J connectivity index is 2.41. The van der Waals surface area contributed by atoms with Crippen LogP contribution in [0.3, 0.4) is 0 Å². The molecule has 0 aliphatic heterocycles. The van der Waals surface area contributed by atoms with Crippen LogP contribution in [0.4, 0.5) is 13.2 Å². The van der Waals surface area contributed by atoms with Crippen LogP contribution in [-0.4, -0.2) is 11.1 Å². The van der Waals surface area contributed by atoms with Gasteiger partial charge in [0.1, 0.15) is 0 Å². The lowest BCUT2D eigenvalue weighted by molar-refractivity contribution is -0.137. The predicted molar refractivity (Wildman–Crippen MR) is 71.4 cm³/mol. The van der Waals surface area contributed by atoms with E-state index < -0.39 is 17.7 Å². The van der Waals surface area contributed by atoms with Gasteiger partial charge in [-0.05, 0) is 29.3 Å². The van der Waals surface area contributed by atoms with Crippen LogP contribution in [0.25, 0.3) is 11.1 Å². The molecule has 0 saturated carbocycles. The Bertz CT molecular complexity index is 720. The summed E-state index contributed by atoms with van der Waals surface area (Å²) in [5.74, 6) is 3.08.